The van der Waals surface area contributed by atoms with E-state index in [1.165, 1.54) is 18.5 Å². The third-order valence-electron chi connectivity index (χ3n) is 5.15. The van der Waals surface area contributed by atoms with Crippen molar-refractivity contribution in [1.82, 2.24) is 9.47 Å². The van der Waals surface area contributed by atoms with Crippen molar-refractivity contribution in [3.63, 3.8) is 0 Å². The van der Waals surface area contributed by atoms with E-state index in [-0.39, 0.29) is 10.6 Å². The van der Waals surface area contributed by atoms with Crippen molar-refractivity contribution in [3.8, 4) is 11.1 Å². The normalized spacial score (nSPS) is 15.1. The van der Waals surface area contributed by atoms with Crippen molar-refractivity contribution >= 4 is 16.6 Å². The molecule has 5 heteroatoms. The van der Waals surface area contributed by atoms with E-state index in [9.17, 15) is 10.1 Å². The maximum atomic E-state index is 11.3. The second-order valence-electron chi connectivity index (χ2n) is 6.69. The lowest BCUT2D eigenvalue weighted by Gasteiger charge is -2.17. The lowest BCUT2D eigenvalue weighted by Crippen LogP contribution is -2.20. The van der Waals surface area contributed by atoms with Crippen LogP contribution in [0.3, 0.4) is 0 Å². The number of fused-ring (bicyclic) bond motifs is 1. The first-order chi connectivity index (χ1) is 12.1. The fourth-order valence-corrected chi connectivity index (χ4v) is 3.86. The van der Waals surface area contributed by atoms with Gasteiger partial charge >= 0.3 is 0 Å². The molecule has 0 N–H and O–H groups in total. The summed E-state index contributed by atoms with van der Waals surface area (Å²) in [5.41, 5.74) is 4.64. The summed E-state index contributed by atoms with van der Waals surface area (Å²) in [6.45, 7) is 3.12. The summed E-state index contributed by atoms with van der Waals surface area (Å²) in [6, 6.07) is 15.4. The molecule has 2 heterocycles. The number of nitro groups is 1. The smallest absolute Gasteiger partial charge is 0.270 e. The van der Waals surface area contributed by atoms with Gasteiger partial charge in [0.05, 0.1) is 4.92 Å². The van der Waals surface area contributed by atoms with Crippen molar-refractivity contribution < 1.29 is 4.92 Å². The number of aromatic nitrogens is 1. The summed E-state index contributed by atoms with van der Waals surface area (Å²) in [5, 5.41) is 12.2. The summed E-state index contributed by atoms with van der Waals surface area (Å²) in [5.74, 6) is 0. The summed E-state index contributed by atoms with van der Waals surface area (Å²) in [4.78, 5) is 13.4. The molecule has 1 aromatic heterocycles. The first-order valence-electron chi connectivity index (χ1n) is 8.68. The van der Waals surface area contributed by atoms with Crippen molar-refractivity contribution in [2.75, 3.05) is 13.1 Å². The molecule has 3 aromatic rings. The number of rotatable bonds is 4. The van der Waals surface area contributed by atoms with Crippen LogP contribution in [0.4, 0.5) is 5.69 Å². The average Bonchev–Trinajstić information content (AvgIpc) is 3.23. The molecular formula is C20H21N3O2. The number of aryl methyl sites for hydroxylation is 1. The molecular weight excluding hydrogens is 314 g/mol. The van der Waals surface area contributed by atoms with Gasteiger partial charge in [0.2, 0.25) is 0 Å². The third-order valence-corrected chi connectivity index (χ3v) is 5.15. The largest absolute Gasteiger partial charge is 0.346 e. The highest BCUT2D eigenvalue weighted by molar-refractivity contribution is 5.99. The fourth-order valence-electron chi connectivity index (χ4n) is 3.86. The van der Waals surface area contributed by atoms with Gasteiger partial charge in [0.25, 0.3) is 5.69 Å². The Hall–Kier alpha value is -2.66. The van der Waals surface area contributed by atoms with Gasteiger partial charge in [-0.15, -0.1) is 0 Å². The standard InChI is InChI=1S/C20H21N3O2/c1-21-18-10-9-16(23(24)25)13-17(18)20(15-7-3-2-4-8-15)19(21)14-22-11-5-6-12-22/h2-4,7-10,13H,5-6,11-12,14H2,1H3. The van der Waals surface area contributed by atoms with E-state index in [0.29, 0.717) is 0 Å². The van der Waals surface area contributed by atoms with E-state index in [0.717, 1.165) is 41.7 Å². The summed E-state index contributed by atoms with van der Waals surface area (Å²) in [7, 11) is 2.06. The van der Waals surface area contributed by atoms with Crippen LogP contribution in [0.25, 0.3) is 22.0 Å². The molecule has 0 unspecified atom stereocenters. The van der Waals surface area contributed by atoms with Crippen LogP contribution < -0.4 is 0 Å². The van der Waals surface area contributed by atoms with Gasteiger partial charge in [-0.05, 0) is 37.6 Å². The number of benzene rings is 2. The zero-order chi connectivity index (χ0) is 17.4. The van der Waals surface area contributed by atoms with Gasteiger partial charge in [-0.1, -0.05) is 30.3 Å². The van der Waals surface area contributed by atoms with Gasteiger partial charge in [0, 0.05) is 47.9 Å². The van der Waals surface area contributed by atoms with E-state index in [2.05, 4.69) is 28.6 Å². The minimum Gasteiger partial charge on any atom is -0.346 e. The van der Waals surface area contributed by atoms with Gasteiger partial charge in [0.15, 0.2) is 0 Å². The van der Waals surface area contributed by atoms with E-state index in [1.807, 2.05) is 24.3 Å². The molecule has 0 saturated carbocycles. The Morgan fingerprint density at radius 3 is 2.48 bits per heavy atom. The summed E-state index contributed by atoms with van der Waals surface area (Å²) >= 11 is 0. The second-order valence-corrected chi connectivity index (χ2v) is 6.69. The first kappa shape index (κ1) is 15.8. The molecule has 128 valence electrons. The number of hydrogen-bond acceptors (Lipinski definition) is 3. The van der Waals surface area contributed by atoms with Crippen molar-refractivity contribution in [2.24, 2.45) is 7.05 Å². The van der Waals surface area contributed by atoms with Gasteiger partial charge in [-0.25, -0.2) is 0 Å². The Morgan fingerprint density at radius 1 is 1.08 bits per heavy atom. The monoisotopic (exact) mass is 335 g/mol. The zero-order valence-electron chi connectivity index (χ0n) is 14.3. The highest BCUT2D eigenvalue weighted by atomic mass is 16.6. The van der Waals surface area contributed by atoms with Crippen LogP contribution in [0.5, 0.6) is 0 Å². The van der Waals surface area contributed by atoms with Crippen molar-refractivity contribution in [2.45, 2.75) is 19.4 Å². The van der Waals surface area contributed by atoms with E-state index >= 15 is 0 Å². The highest BCUT2D eigenvalue weighted by Gasteiger charge is 2.22. The Morgan fingerprint density at radius 2 is 1.80 bits per heavy atom. The molecule has 1 saturated heterocycles. The molecule has 4 rings (SSSR count). The average molecular weight is 335 g/mol. The van der Waals surface area contributed by atoms with Crippen LogP contribution in [0.15, 0.2) is 48.5 Å². The second kappa shape index (κ2) is 6.33. The maximum absolute atomic E-state index is 11.3. The number of likely N-dealkylation sites (tertiary alicyclic amines) is 1. The molecule has 0 aliphatic carbocycles. The molecule has 0 amide bonds. The molecule has 25 heavy (non-hydrogen) atoms. The predicted molar refractivity (Wildman–Crippen MR) is 99.5 cm³/mol. The molecule has 0 atom stereocenters. The van der Waals surface area contributed by atoms with Crippen molar-refractivity contribution in [3.05, 3.63) is 64.3 Å². The molecule has 5 nitrogen and oxygen atoms in total. The Kier molecular flexibility index (Phi) is 4.01. The topological polar surface area (TPSA) is 51.3 Å². The van der Waals surface area contributed by atoms with Crippen LogP contribution in [0.1, 0.15) is 18.5 Å². The van der Waals surface area contributed by atoms with Crippen LogP contribution in [0.2, 0.25) is 0 Å². The van der Waals surface area contributed by atoms with E-state index in [1.54, 1.807) is 12.1 Å². The number of nitrogens with zero attached hydrogens (tertiary/aromatic N) is 3. The molecule has 2 aromatic carbocycles. The first-order valence-corrected chi connectivity index (χ1v) is 8.68. The fraction of sp³-hybridized carbons (Fsp3) is 0.300. The van der Waals surface area contributed by atoms with Crippen LogP contribution in [-0.2, 0) is 13.6 Å². The maximum Gasteiger partial charge on any atom is 0.270 e. The lowest BCUT2D eigenvalue weighted by molar-refractivity contribution is -0.384. The lowest BCUT2D eigenvalue weighted by atomic mass is 10.0. The molecule has 1 aliphatic rings. The molecule has 0 bridgehead atoms. The Labute approximate surface area is 146 Å². The summed E-state index contributed by atoms with van der Waals surface area (Å²) in [6.07, 6.45) is 2.49. The molecule has 1 fully saturated rings. The van der Waals surface area contributed by atoms with Gasteiger partial charge in [-0.2, -0.15) is 0 Å². The van der Waals surface area contributed by atoms with Gasteiger partial charge in [-0.3, -0.25) is 15.0 Å². The van der Waals surface area contributed by atoms with Crippen LogP contribution >= 0.6 is 0 Å². The zero-order valence-corrected chi connectivity index (χ0v) is 14.3. The minimum atomic E-state index is -0.318. The number of nitro benzene ring substituents is 1. The molecule has 0 spiro atoms. The van der Waals surface area contributed by atoms with Crippen LogP contribution in [0, 0.1) is 10.1 Å². The Bertz CT molecular complexity index is 925. The van der Waals surface area contributed by atoms with E-state index < -0.39 is 0 Å². The van der Waals surface area contributed by atoms with Crippen LogP contribution in [-0.4, -0.2) is 27.5 Å². The number of non-ortho nitro benzene ring substituents is 1. The quantitative estimate of drug-likeness (QED) is 0.526. The van der Waals surface area contributed by atoms with Gasteiger partial charge in [0.1, 0.15) is 0 Å². The highest BCUT2D eigenvalue weighted by Crippen LogP contribution is 2.37. The van der Waals surface area contributed by atoms with E-state index in [4.69, 9.17) is 0 Å². The Balaban J connectivity index is 1.95. The minimum absolute atomic E-state index is 0.142. The molecule has 0 radical (unpaired) electrons. The SMILES string of the molecule is Cn1c(CN2CCCC2)c(-c2ccccc2)c2cc([N+](=O)[O-])ccc21. The number of hydrogen-bond donors (Lipinski definition) is 0. The van der Waals surface area contributed by atoms with Gasteiger partial charge < -0.3 is 4.57 Å². The summed E-state index contributed by atoms with van der Waals surface area (Å²) < 4.78 is 2.19. The predicted octanol–water partition coefficient (Wildman–Crippen LogP) is 4.35. The third kappa shape index (κ3) is 2.81. The molecule has 1 aliphatic heterocycles. The van der Waals surface area contributed by atoms with Crippen molar-refractivity contribution in [1.29, 1.82) is 0 Å².